The molecule has 1 amide bonds. The highest BCUT2D eigenvalue weighted by Crippen LogP contribution is 2.44. The van der Waals surface area contributed by atoms with Crippen LogP contribution in [0.3, 0.4) is 0 Å². The predicted molar refractivity (Wildman–Crippen MR) is 87.9 cm³/mol. The number of likely N-dealkylation sites (N-methyl/N-ethyl adjacent to an activating group) is 1. The highest BCUT2D eigenvalue weighted by molar-refractivity contribution is 5.79. The molecule has 1 aliphatic rings. The van der Waals surface area contributed by atoms with Gasteiger partial charge in [-0.2, -0.15) is 0 Å². The average molecular weight is 293 g/mol. The Labute approximate surface area is 130 Å². The first kappa shape index (κ1) is 14.4. The Bertz CT molecular complexity index is 663. The van der Waals surface area contributed by atoms with Crippen molar-refractivity contribution in [1.82, 2.24) is 4.90 Å². The third kappa shape index (κ3) is 2.50. The predicted octanol–water partition coefficient (Wildman–Crippen LogP) is 4.05. The van der Waals surface area contributed by atoms with E-state index in [9.17, 15) is 4.79 Å². The molecule has 0 saturated carbocycles. The van der Waals surface area contributed by atoms with Gasteiger partial charge in [0.2, 0.25) is 0 Å². The zero-order valence-corrected chi connectivity index (χ0v) is 12.7. The monoisotopic (exact) mass is 293 g/mol. The van der Waals surface area contributed by atoms with Crippen LogP contribution in [-0.4, -0.2) is 31.2 Å². The molecule has 0 N–H and O–H groups in total. The smallest absolute Gasteiger partial charge is 0.409 e. The van der Waals surface area contributed by atoms with E-state index in [0.717, 1.165) is 0 Å². The average Bonchev–Trinajstić information content (AvgIpc) is 2.87. The van der Waals surface area contributed by atoms with Crippen LogP contribution < -0.4 is 0 Å². The summed E-state index contributed by atoms with van der Waals surface area (Å²) in [7, 11) is 1.71. The first-order chi connectivity index (χ1) is 10.7. The summed E-state index contributed by atoms with van der Waals surface area (Å²) in [5, 5.41) is 0. The molecule has 0 heterocycles. The summed E-state index contributed by atoms with van der Waals surface area (Å²) in [6.07, 6.45) is 1.36. The molecule has 0 atom stereocenters. The molecule has 0 bridgehead atoms. The highest BCUT2D eigenvalue weighted by atomic mass is 16.6. The summed E-state index contributed by atoms with van der Waals surface area (Å²) in [6.45, 7) is 4.47. The van der Waals surface area contributed by atoms with Gasteiger partial charge < -0.3 is 9.64 Å². The van der Waals surface area contributed by atoms with Gasteiger partial charge in [0.15, 0.2) is 0 Å². The molecule has 0 saturated heterocycles. The van der Waals surface area contributed by atoms with Crippen molar-refractivity contribution < 1.29 is 9.53 Å². The number of carbonyl (C=O) groups excluding carboxylic acids is 1. The summed E-state index contributed by atoms with van der Waals surface area (Å²) in [6, 6.07) is 16.6. The van der Waals surface area contributed by atoms with Crippen LogP contribution >= 0.6 is 0 Å². The van der Waals surface area contributed by atoms with Crippen molar-refractivity contribution in [1.29, 1.82) is 0 Å². The fraction of sp³-hybridized carbons (Fsp3) is 0.211. The molecule has 3 heteroatoms. The van der Waals surface area contributed by atoms with Gasteiger partial charge in [0.1, 0.15) is 6.61 Å². The van der Waals surface area contributed by atoms with E-state index in [1.807, 2.05) is 24.3 Å². The molecule has 0 aliphatic heterocycles. The third-order valence-electron chi connectivity index (χ3n) is 4.05. The summed E-state index contributed by atoms with van der Waals surface area (Å²) in [5.41, 5.74) is 4.92. The minimum atomic E-state index is -0.318. The molecule has 22 heavy (non-hydrogen) atoms. The highest BCUT2D eigenvalue weighted by Gasteiger charge is 2.29. The zero-order chi connectivity index (χ0) is 15.5. The van der Waals surface area contributed by atoms with Crippen molar-refractivity contribution in [3.8, 4) is 11.1 Å². The maximum absolute atomic E-state index is 12.0. The van der Waals surface area contributed by atoms with E-state index in [-0.39, 0.29) is 12.0 Å². The van der Waals surface area contributed by atoms with E-state index < -0.39 is 0 Å². The summed E-state index contributed by atoms with van der Waals surface area (Å²) < 4.78 is 5.49. The third-order valence-corrected chi connectivity index (χ3v) is 4.05. The number of benzene rings is 2. The van der Waals surface area contributed by atoms with Crippen molar-refractivity contribution >= 4 is 6.09 Å². The summed E-state index contributed by atoms with van der Waals surface area (Å²) in [4.78, 5) is 13.5. The Hall–Kier alpha value is -2.55. The van der Waals surface area contributed by atoms with Crippen molar-refractivity contribution in [2.24, 2.45) is 0 Å². The van der Waals surface area contributed by atoms with Gasteiger partial charge in [-0.1, -0.05) is 54.6 Å². The van der Waals surface area contributed by atoms with Gasteiger partial charge in [0.25, 0.3) is 0 Å². The van der Waals surface area contributed by atoms with E-state index in [1.165, 1.54) is 27.2 Å². The number of fused-ring (bicyclic) bond motifs is 3. The minimum Gasteiger partial charge on any atom is -0.448 e. The fourth-order valence-corrected chi connectivity index (χ4v) is 2.97. The lowest BCUT2D eigenvalue weighted by Gasteiger charge is -2.18. The van der Waals surface area contributed by atoms with E-state index in [0.29, 0.717) is 13.2 Å². The van der Waals surface area contributed by atoms with Crippen molar-refractivity contribution in [3.05, 3.63) is 72.3 Å². The number of carbonyl (C=O) groups is 1. The maximum atomic E-state index is 12.0. The van der Waals surface area contributed by atoms with Gasteiger partial charge in [0.05, 0.1) is 0 Å². The second-order valence-electron chi connectivity index (χ2n) is 5.47. The van der Waals surface area contributed by atoms with E-state index >= 15 is 0 Å². The van der Waals surface area contributed by atoms with Gasteiger partial charge in [-0.15, -0.1) is 6.58 Å². The lowest BCUT2D eigenvalue weighted by molar-refractivity contribution is 0.112. The normalized spacial score (nSPS) is 12.4. The first-order valence-corrected chi connectivity index (χ1v) is 7.39. The molecule has 0 fully saturated rings. The number of amides is 1. The van der Waals surface area contributed by atoms with Gasteiger partial charge in [-0.3, -0.25) is 0 Å². The number of hydrogen-bond donors (Lipinski definition) is 0. The number of ether oxygens (including phenoxy) is 1. The second-order valence-corrected chi connectivity index (χ2v) is 5.47. The topological polar surface area (TPSA) is 29.5 Å². The molecule has 3 nitrogen and oxygen atoms in total. The Morgan fingerprint density at radius 3 is 2.23 bits per heavy atom. The SMILES string of the molecule is C=CCN(C)C(=O)OCC1c2ccccc2-c2ccccc21. The van der Waals surface area contributed by atoms with Crippen LogP contribution in [0, 0.1) is 0 Å². The molecule has 2 aromatic carbocycles. The van der Waals surface area contributed by atoms with E-state index in [2.05, 4.69) is 30.8 Å². The van der Waals surface area contributed by atoms with Gasteiger partial charge in [0, 0.05) is 19.5 Å². The van der Waals surface area contributed by atoms with Gasteiger partial charge >= 0.3 is 6.09 Å². The molecular weight excluding hydrogens is 274 g/mol. The largest absolute Gasteiger partial charge is 0.448 e. The van der Waals surface area contributed by atoms with Crippen LogP contribution in [0.15, 0.2) is 61.2 Å². The molecule has 0 spiro atoms. The Kier molecular flexibility index (Phi) is 3.96. The fourth-order valence-electron chi connectivity index (χ4n) is 2.97. The summed E-state index contributed by atoms with van der Waals surface area (Å²) in [5.74, 6) is 0.105. The number of rotatable bonds is 4. The first-order valence-electron chi connectivity index (χ1n) is 7.39. The van der Waals surface area contributed by atoms with E-state index in [1.54, 1.807) is 13.1 Å². The van der Waals surface area contributed by atoms with Crippen molar-refractivity contribution in [3.63, 3.8) is 0 Å². The number of hydrogen-bond acceptors (Lipinski definition) is 2. The molecule has 2 aromatic rings. The summed E-state index contributed by atoms with van der Waals surface area (Å²) >= 11 is 0. The molecule has 3 rings (SSSR count). The van der Waals surface area contributed by atoms with Crippen molar-refractivity contribution in [2.75, 3.05) is 20.2 Å². The Morgan fingerprint density at radius 2 is 1.68 bits per heavy atom. The van der Waals surface area contributed by atoms with Crippen LogP contribution in [0.4, 0.5) is 4.79 Å². The lowest BCUT2D eigenvalue weighted by atomic mass is 9.98. The van der Waals surface area contributed by atoms with Crippen LogP contribution in [-0.2, 0) is 4.74 Å². The number of nitrogens with zero attached hydrogens (tertiary/aromatic N) is 1. The van der Waals surface area contributed by atoms with Crippen molar-refractivity contribution in [2.45, 2.75) is 5.92 Å². The quantitative estimate of drug-likeness (QED) is 0.796. The molecule has 112 valence electrons. The van der Waals surface area contributed by atoms with E-state index in [4.69, 9.17) is 4.74 Å². The Morgan fingerprint density at radius 1 is 1.14 bits per heavy atom. The minimum absolute atomic E-state index is 0.105. The van der Waals surface area contributed by atoms with Gasteiger partial charge in [-0.05, 0) is 22.3 Å². The van der Waals surface area contributed by atoms with Crippen LogP contribution in [0.2, 0.25) is 0 Å². The zero-order valence-electron chi connectivity index (χ0n) is 12.7. The second kappa shape index (κ2) is 6.06. The standard InChI is InChI=1S/C19H19NO2/c1-3-12-20(2)19(21)22-13-18-16-10-6-4-8-14(16)15-9-5-7-11-17(15)18/h3-11,18H,1,12-13H2,2H3. The van der Waals surface area contributed by atoms with Crippen LogP contribution in [0.25, 0.3) is 11.1 Å². The maximum Gasteiger partial charge on any atom is 0.409 e. The molecule has 1 aliphatic carbocycles. The molecule has 0 aromatic heterocycles. The van der Waals surface area contributed by atoms with Crippen LogP contribution in [0.5, 0.6) is 0 Å². The lowest BCUT2D eigenvalue weighted by Crippen LogP contribution is -2.28. The molecular formula is C19H19NO2. The van der Waals surface area contributed by atoms with Gasteiger partial charge in [-0.25, -0.2) is 4.79 Å². The Balaban J connectivity index is 1.82. The van der Waals surface area contributed by atoms with Crippen LogP contribution in [0.1, 0.15) is 17.0 Å². The molecule has 0 radical (unpaired) electrons. The molecule has 0 unspecified atom stereocenters.